The average molecular weight is 456 g/mol. The third-order valence-electron chi connectivity index (χ3n) is 3.36. The van der Waals surface area contributed by atoms with Crippen LogP contribution < -0.4 is 10.6 Å². The molecule has 0 unspecified atom stereocenters. The molecule has 25 heavy (non-hydrogen) atoms. The van der Waals surface area contributed by atoms with Crippen LogP contribution in [0.1, 0.15) is 23.0 Å². The minimum Gasteiger partial charge on any atom is -0.459 e. The fraction of sp³-hybridized carbons (Fsp3) is 0.333. The molecule has 1 amide bonds. The van der Waals surface area contributed by atoms with Gasteiger partial charge in [0.2, 0.25) is 0 Å². The molecule has 2 rings (SSSR count). The molecule has 0 bridgehead atoms. The van der Waals surface area contributed by atoms with Gasteiger partial charge < -0.3 is 20.0 Å². The lowest BCUT2D eigenvalue weighted by Gasteiger charge is -2.22. The fourth-order valence-corrected chi connectivity index (χ4v) is 2.23. The quantitative estimate of drug-likeness (QED) is 0.291. The van der Waals surface area contributed by atoms with Crippen molar-refractivity contribution in [2.75, 3.05) is 26.7 Å². The third-order valence-corrected chi connectivity index (χ3v) is 3.36. The molecule has 2 aromatic rings. The van der Waals surface area contributed by atoms with E-state index in [1.165, 1.54) is 11.8 Å². The summed E-state index contributed by atoms with van der Waals surface area (Å²) in [6.45, 7) is 4.54. The lowest BCUT2D eigenvalue weighted by atomic mass is 10.2. The van der Waals surface area contributed by atoms with Crippen LogP contribution in [-0.2, 0) is 6.54 Å². The van der Waals surface area contributed by atoms with Gasteiger partial charge in [-0.15, -0.1) is 24.0 Å². The number of aliphatic imine (C=N–C) groups is 1. The van der Waals surface area contributed by atoms with E-state index in [4.69, 9.17) is 4.42 Å². The zero-order valence-electron chi connectivity index (χ0n) is 14.6. The maximum atomic E-state index is 11.8. The zero-order chi connectivity index (χ0) is 17.2. The normalized spacial score (nSPS) is 10.7. The Labute approximate surface area is 165 Å². The molecule has 136 valence electrons. The Kier molecular flexibility index (Phi) is 9.68. The molecule has 0 aliphatic carbocycles. The highest BCUT2D eigenvalue weighted by Gasteiger charge is 2.08. The summed E-state index contributed by atoms with van der Waals surface area (Å²) in [7, 11) is 2.00. The Morgan fingerprint density at radius 2 is 1.92 bits per heavy atom. The minimum atomic E-state index is -0.224. The minimum absolute atomic E-state index is 0. The SMILES string of the molecule is CCNC(=NCCNC(=O)c1ccco1)N(C)Cc1ccccc1.I. The van der Waals surface area contributed by atoms with Crippen LogP contribution in [0, 0.1) is 0 Å². The lowest BCUT2D eigenvalue weighted by molar-refractivity contribution is 0.0927. The molecule has 6 nitrogen and oxygen atoms in total. The standard InChI is InChI=1S/C18H24N4O2.HI/c1-3-19-18(22(2)14-15-8-5-4-6-9-15)21-12-11-20-17(23)16-10-7-13-24-16;/h4-10,13H,3,11-12,14H2,1-2H3,(H,19,21)(H,20,23);1H. The Balaban J connectivity index is 0.00000312. The van der Waals surface area contributed by atoms with Crippen molar-refractivity contribution in [3.63, 3.8) is 0 Å². The number of furan rings is 1. The average Bonchev–Trinajstić information content (AvgIpc) is 3.13. The van der Waals surface area contributed by atoms with Crippen molar-refractivity contribution in [1.29, 1.82) is 0 Å². The Morgan fingerprint density at radius 1 is 1.16 bits per heavy atom. The number of carbonyl (C=O) groups excluding carboxylic acids is 1. The molecule has 7 heteroatoms. The van der Waals surface area contributed by atoms with Crippen LogP contribution in [-0.4, -0.2) is 43.4 Å². The van der Waals surface area contributed by atoms with E-state index in [-0.39, 0.29) is 29.9 Å². The maximum absolute atomic E-state index is 11.8. The summed E-state index contributed by atoms with van der Waals surface area (Å²) < 4.78 is 5.05. The first kappa shape index (κ1) is 21.0. The highest BCUT2D eigenvalue weighted by molar-refractivity contribution is 14.0. The molecule has 1 heterocycles. The van der Waals surface area contributed by atoms with Gasteiger partial charge in [0.25, 0.3) is 5.91 Å². The van der Waals surface area contributed by atoms with E-state index < -0.39 is 0 Å². The number of nitrogens with zero attached hydrogens (tertiary/aromatic N) is 2. The van der Waals surface area contributed by atoms with Crippen molar-refractivity contribution in [2.45, 2.75) is 13.5 Å². The van der Waals surface area contributed by atoms with Crippen molar-refractivity contribution in [3.05, 3.63) is 60.1 Å². The summed E-state index contributed by atoms with van der Waals surface area (Å²) in [6, 6.07) is 13.6. The molecule has 2 N–H and O–H groups in total. The van der Waals surface area contributed by atoms with Gasteiger partial charge in [-0.3, -0.25) is 9.79 Å². The summed E-state index contributed by atoms with van der Waals surface area (Å²) in [4.78, 5) is 18.4. The monoisotopic (exact) mass is 456 g/mol. The molecule has 0 radical (unpaired) electrons. The van der Waals surface area contributed by atoms with Gasteiger partial charge in [-0.05, 0) is 24.6 Å². The molecule has 0 spiro atoms. The molecule has 0 saturated carbocycles. The van der Waals surface area contributed by atoms with E-state index in [1.54, 1.807) is 12.1 Å². The summed E-state index contributed by atoms with van der Waals surface area (Å²) in [6.07, 6.45) is 1.48. The molecule has 0 aliphatic rings. The number of nitrogens with one attached hydrogen (secondary N) is 2. The van der Waals surface area contributed by atoms with E-state index in [0.29, 0.717) is 18.8 Å². The van der Waals surface area contributed by atoms with Gasteiger partial charge in [0.05, 0.1) is 12.8 Å². The topological polar surface area (TPSA) is 69.9 Å². The van der Waals surface area contributed by atoms with Crippen LogP contribution in [0.4, 0.5) is 0 Å². The first-order chi connectivity index (χ1) is 11.7. The van der Waals surface area contributed by atoms with Crippen LogP contribution in [0.5, 0.6) is 0 Å². The number of carbonyl (C=O) groups is 1. The second-order valence-corrected chi connectivity index (χ2v) is 5.31. The largest absolute Gasteiger partial charge is 0.459 e. The number of amides is 1. The molecule has 1 aromatic carbocycles. The third kappa shape index (κ3) is 7.16. The van der Waals surface area contributed by atoms with Crippen molar-refractivity contribution >= 4 is 35.8 Å². The van der Waals surface area contributed by atoms with E-state index in [2.05, 4.69) is 32.7 Å². The molecule has 1 aromatic heterocycles. The maximum Gasteiger partial charge on any atom is 0.287 e. The molecule has 0 aliphatic heterocycles. The molecule has 0 saturated heterocycles. The summed E-state index contributed by atoms with van der Waals surface area (Å²) in [5, 5.41) is 6.05. The number of guanidine groups is 1. The Morgan fingerprint density at radius 3 is 2.56 bits per heavy atom. The van der Waals surface area contributed by atoms with Gasteiger partial charge in [0, 0.05) is 26.7 Å². The molecule has 0 fully saturated rings. The van der Waals surface area contributed by atoms with E-state index in [9.17, 15) is 4.79 Å². The first-order valence-electron chi connectivity index (χ1n) is 8.05. The van der Waals surface area contributed by atoms with E-state index in [1.807, 2.05) is 32.2 Å². The van der Waals surface area contributed by atoms with Gasteiger partial charge in [-0.2, -0.15) is 0 Å². The highest BCUT2D eigenvalue weighted by atomic mass is 127. The second-order valence-electron chi connectivity index (χ2n) is 5.31. The Hall–Kier alpha value is -2.03. The van der Waals surface area contributed by atoms with Crippen LogP contribution in [0.15, 0.2) is 58.1 Å². The summed E-state index contributed by atoms with van der Waals surface area (Å²) in [5.41, 5.74) is 1.22. The number of benzene rings is 1. The van der Waals surface area contributed by atoms with Crippen molar-refractivity contribution < 1.29 is 9.21 Å². The zero-order valence-corrected chi connectivity index (χ0v) is 16.9. The smallest absolute Gasteiger partial charge is 0.287 e. The fourth-order valence-electron chi connectivity index (χ4n) is 2.23. The molecular formula is C18H25IN4O2. The van der Waals surface area contributed by atoms with Crippen LogP contribution in [0.3, 0.4) is 0 Å². The van der Waals surface area contributed by atoms with Crippen molar-refractivity contribution in [1.82, 2.24) is 15.5 Å². The van der Waals surface area contributed by atoms with Crippen LogP contribution in [0.2, 0.25) is 0 Å². The van der Waals surface area contributed by atoms with Gasteiger partial charge in [0.15, 0.2) is 11.7 Å². The highest BCUT2D eigenvalue weighted by Crippen LogP contribution is 2.03. The van der Waals surface area contributed by atoms with Crippen LogP contribution >= 0.6 is 24.0 Å². The van der Waals surface area contributed by atoms with E-state index >= 15 is 0 Å². The predicted octanol–water partition coefficient (Wildman–Crippen LogP) is 2.72. The number of hydrogen-bond donors (Lipinski definition) is 2. The van der Waals surface area contributed by atoms with Gasteiger partial charge in [-0.25, -0.2) is 0 Å². The number of hydrogen-bond acceptors (Lipinski definition) is 3. The lowest BCUT2D eigenvalue weighted by Crippen LogP contribution is -2.39. The summed E-state index contributed by atoms with van der Waals surface area (Å²) in [5.74, 6) is 0.901. The number of rotatable bonds is 7. The van der Waals surface area contributed by atoms with Crippen molar-refractivity contribution in [3.8, 4) is 0 Å². The van der Waals surface area contributed by atoms with Crippen molar-refractivity contribution in [2.24, 2.45) is 4.99 Å². The van der Waals surface area contributed by atoms with Gasteiger partial charge in [-0.1, -0.05) is 30.3 Å². The second kappa shape index (κ2) is 11.5. The first-order valence-corrected chi connectivity index (χ1v) is 8.05. The van der Waals surface area contributed by atoms with E-state index in [0.717, 1.165) is 19.0 Å². The molecule has 0 atom stereocenters. The van der Waals surface area contributed by atoms with Gasteiger partial charge in [0.1, 0.15) is 0 Å². The van der Waals surface area contributed by atoms with Crippen LogP contribution in [0.25, 0.3) is 0 Å². The number of halogens is 1. The summed E-state index contributed by atoms with van der Waals surface area (Å²) >= 11 is 0. The van der Waals surface area contributed by atoms with Gasteiger partial charge >= 0.3 is 0 Å². The Bertz CT molecular complexity index is 644. The molecular weight excluding hydrogens is 431 g/mol. The predicted molar refractivity (Wildman–Crippen MR) is 110 cm³/mol.